The van der Waals surface area contributed by atoms with Crippen LogP contribution in [0.3, 0.4) is 0 Å². The monoisotopic (exact) mass is 439 g/mol. The van der Waals surface area contributed by atoms with Gasteiger partial charge in [-0.2, -0.15) is 0 Å². The Balaban J connectivity index is 1.24. The number of fused-ring (bicyclic) bond motifs is 3. The van der Waals surface area contributed by atoms with E-state index >= 15 is 0 Å². The Kier molecular flexibility index (Phi) is 5.13. The van der Waals surface area contributed by atoms with Crippen LogP contribution in [-0.4, -0.2) is 76.1 Å². The standard InChI is InChI=1S/C22H29N7O3/c1-29-6-2-14(3-7-29)8-16(30)25-11-22-5-4-21(10-22,12-32-22)28-20-17-15(18(23)31)9-24-19(17)26-13-27-20/h2,9,13H,3-8,10-12H2,1H3,(H2,23,31)(H,25,30)(H2,24,26,27,28). The maximum absolute atomic E-state index is 12.5. The highest BCUT2D eigenvalue weighted by Gasteiger charge is 2.56. The Labute approximate surface area is 186 Å². The number of nitrogens with one attached hydrogen (secondary N) is 3. The van der Waals surface area contributed by atoms with Crippen LogP contribution in [0.15, 0.2) is 24.2 Å². The quantitative estimate of drug-likeness (QED) is 0.471. The minimum atomic E-state index is -0.530. The fourth-order valence-electron chi connectivity index (χ4n) is 5.15. The Morgan fingerprint density at radius 3 is 2.94 bits per heavy atom. The smallest absolute Gasteiger partial charge is 0.251 e. The fourth-order valence-corrected chi connectivity index (χ4v) is 5.15. The van der Waals surface area contributed by atoms with Crippen LogP contribution in [0.25, 0.3) is 11.0 Å². The van der Waals surface area contributed by atoms with Crippen LogP contribution in [-0.2, 0) is 9.53 Å². The number of nitrogens with zero attached hydrogens (tertiary/aromatic N) is 3. The van der Waals surface area contributed by atoms with E-state index in [0.717, 1.165) is 38.8 Å². The molecule has 5 N–H and O–H groups in total. The maximum atomic E-state index is 12.5. The number of primary amides is 1. The van der Waals surface area contributed by atoms with E-state index in [1.54, 1.807) is 6.20 Å². The van der Waals surface area contributed by atoms with Gasteiger partial charge in [-0.1, -0.05) is 11.6 Å². The summed E-state index contributed by atoms with van der Waals surface area (Å²) in [6, 6.07) is 0. The predicted octanol–water partition coefficient (Wildman–Crippen LogP) is 0.929. The second-order valence-corrected chi connectivity index (χ2v) is 9.39. The largest absolute Gasteiger partial charge is 0.371 e. The number of hydrogen-bond acceptors (Lipinski definition) is 7. The molecule has 5 rings (SSSR count). The van der Waals surface area contributed by atoms with Crippen molar-refractivity contribution in [2.75, 3.05) is 38.6 Å². The highest BCUT2D eigenvalue weighted by molar-refractivity contribution is 6.09. The van der Waals surface area contributed by atoms with Crippen molar-refractivity contribution < 1.29 is 14.3 Å². The van der Waals surface area contributed by atoms with Crippen LogP contribution in [0.5, 0.6) is 0 Å². The third-order valence-corrected chi connectivity index (χ3v) is 6.99. The summed E-state index contributed by atoms with van der Waals surface area (Å²) >= 11 is 0. The van der Waals surface area contributed by atoms with Crippen LogP contribution < -0.4 is 16.4 Å². The number of aromatic nitrogens is 3. The molecule has 2 atom stereocenters. The van der Waals surface area contributed by atoms with Gasteiger partial charge in [-0.15, -0.1) is 0 Å². The summed E-state index contributed by atoms with van der Waals surface area (Å²) in [5.74, 6) is 0.0918. The van der Waals surface area contributed by atoms with Crippen molar-refractivity contribution in [3.05, 3.63) is 29.7 Å². The van der Waals surface area contributed by atoms with Gasteiger partial charge in [0, 0.05) is 38.7 Å². The molecular weight excluding hydrogens is 410 g/mol. The molecule has 2 unspecified atom stereocenters. The molecule has 2 fully saturated rings. The highest BCUT2D eigenvalue weighted by atomic mass is 16.5. The SMILES string of the molecule is CN1CC=C(CC(=O)NCC23CCC(Nc4ncnc5[nH]cc(C(N)=O)c45)(CO2)C3)CC1. The third kappa shape index (κ3) is 3.84. The first-order chi connectivity index (χ1) is 15.4. The number of aromatic amines is 1. The number of H-pyrrole nitrogens is 1. The van der Waals surface area contributed by atoms with Crippen LogP contribution in [0.2, 0.25) is 0 Å². The molecule has 1 saturated carbocycles. The number of carbonyl (C=O) groups excluding carboxylic acids is 2. The molecule has 170 valence electrons. The number of anilines is 1. The minimum absolute atomic E-state index is 0.0482. The van der Waals surface area contributed by atoms with Crippen molar-refractivity contribution in [2.24, 2.45) is 5.73 Å². The highest BCUT2D eigenvalue weighted by Crippen LogP contribution is 2.48. The Hall–Kier alpha value is -2.98. The first-order valence-corrected chi connectivity index (χ1v) is 11.0. The molecule has 0 radical (unpaired) electrons. The Morgan fingerprint density at radius 2 is 2.22 bits per heavy atom. The second-order valence-electron chi connectivity index (χ2n) is 9.39. The molecule has 32 heavy (non-hydrogen) atoms. The number of likely N-dealkylation sites (N-methyl/N-ethyl adjacent to an activating group) is 1. The molecular formula is C22H29N7O3. The van der Waals surface area contributed by atoms with E-state index in [2.05, 4.69) is 43.6 Å². The van der Waals surface area contributed by atoms with Gasteiger partial charge in [0.2, 0.25) is 5.91 Å². The molecule has 2 aromatic rings. The Bertz CT molecular complexity index is 1080. The van der Waals surface area contributed by atoms with Crippen molar-refractivity contribution in [1.82, 2.24) is 25.2 Å². The van der Waals surface area contributed by atoms with E-state index < -0.39 is 5.91 Å². The average Bonchev–Trinajstić information content (AvgIpc) is 3.46. The summed E-state index contributed by atoms with van der Waals surface area (Å²) in [4.78, 5) is 38.1. The van der Waals surface area contributed by atoms with Crippen LogP contribution in [0.1, 0.15) is 42.5 Å². The van der Waals surface area contributed by atoms with Gasteiger partial charge in [-0.25, -0.2) is 9.97 Å². The summed E-state index contributed by atoms with van der Waals surface area (Å²) in [6.45, 7) is 2.91. The van der Waals surface area contributed by atoms with E-state index in [4.69, 9.17) is 10.5 Å². The second kappa shape index (κ2) is 7.86. The number of carbonyl (C=O) groups is 2. The zero-order chi connectivity index (χ0) is 22.3. The average molecular weight is 440 g/mol. The lowest BCUT2D eigenvalue weighted by molar-refractivity contribution is -0.122. The molecule has 3 aliphatic rings. The van der Waals surface area contributed by atoms with Gasteiger partial charge < -0.3 is 31.0 Å². The molecule has 2 amide bonds. The van der Waals surface area contributed by atoms with Gasteiger partial charge >= 0.3 is 0 Å². The maximum Gasteiger partial charge on any atom is 0.251 e. The van der Waals surface area contributed by atoms with Gasteiger partial charge in [-0.3, -0.25) is 9.59 Å². The van der Waals surface area contributed by atoms with Crippen molar-refractivity contribution in [2.45, 2.75) is 43.2 Å². The van der Waals surface area contributed by atoms with E-state index in [-0.39, 0.29) is 17.0 Å². The van der Waals surface area contributed by atoms with Gasteiger partial charge in [-0.05, 0) is 26.3 Å². The van der Waals surface area contributed by atoms with Gasteiger partial charge in [0.1, 0.15) is 17.8 Å². The number of rotatable bonds is 7. The molecule has 1 saturated heterocycles. The zero-order valence-corrected chi connectivity index (χ0v) is 18.2. The summed E-state index contributed by atoms with van der Waals surface area (Å²) in [5, 5.41) is 7.21. The molecule has 1 aliphatic carbocycles. The molecule has 0 aromatic carbocycles. The summed E-state index contributed by atoms with van der Waals surface area (Å²) < 4.78 is 6.20. The lowest BCUT2D eigenvalue weighted by atomic mass is 9.97. The lowest BCUT2D eigenvalue weighted by Crippen LogP contribution is -2.42. The van der Waals surface area contributed by atoms with E-state index in [1.165, 1.54) is 11.9 Å². The molecule has 10 heteroatoms. The van der Waals surface area contributed by atoms with Crippen molar-refractivity contribution in [1.29, 1.82) is 0 Å². The summed E-state index contributed by atoms with van der Waals surface area (Å²) in [6.07, 6.45) is 9.06. The predicted molar refractivity (Wildman–Crippen MR) is 119 cm³/mol. The molecule has 0 spiro atoms. The number of hydrogen-bond donors (Lipinski definition) is 4. The van der Waals surface area contributed by atoms with Gasteiger partial charge in [0.05, 0.1) is 28.7 Å². The number of nitrogens with two attached hydrogens (primary N) is 1. The molecule has 2 aliphatic heterocycles. The number of amides is 2. The summed E-state index contributed by atoms with van der Waals surface area (Å²) in [5.41, 5.74) is 6.98. The van der Waals surface area contributed by atoms with Crippen LogP contribution >= 0.6 is 0 Å². The van der Waals surface area contributed by atoms with Crippen LogP contribution in [0.4, 0.5) is 5.82 Å². The topological polar surface area (TPSA) is 138 Å². The third-order valence-electron chi connectivity index (χ3n) is 6.99. The van der Waals surface area contributed by atoms with Crippen molar-refractivity contribution in [3.63, 3.8) is 0 Å². The molecule has 2 bridgehead atoms. The summed E-state index contributed by atoms with van der Waals surface area (Å²) in [7, 11) is 2.08. The minimum Gasteiger partial charge on any atom is -0.371 e. The fraction of sp³-hybridized carbons (Fsp3) is 0.545. The molecule has 10 nitrogen and oxygen atoms in total. The van der Waals surface area contributed by atoms with Crippen molar-refractivity contribution in [3.8, 4) is 0 Å². The molecule has 4 heterocycles. The van der Waals surface area contributed by atoms with Gasteiger partial charge in [0.25, 0.3) is 5.91 Å². The normalized spacial score (nSPS) is 27.5. The Morgan fingerprint density at radius 1 is 1.34 bits per heavy atom. The molecule has 2 aromatic heterocycles. The number of ether oxygens (including phenoxy) is 1. The first kappa shape index (κ1) is 20.9. The van der Waals surface area contributed by atoms with E-state index in [9.17, 15) is 9.59 Å². The zero-order valence-electron chi connectivity index (χ0n) is 18.2. The van der Waals surface area contributed by atoms with Crippen LogP contribution in [0, 0.1) is 0 Å². The van der Waals surface area contributed by atoms with Gasteiger partial charge in [0.15, 0.2) is 0 Å². The van der Waals surface area contributed by atoms with E-state index in [1.807, 2.05) is 0 Å². The lowest BCUT2D eigenvalue weighted by Gasteiger charge is -2.29. The van der Waals surface area contributed by atoms with Crippen molar-refractivity contribution >= 4 is 28.7 Å². The first-order valence-electron chi connectivity index (χ1n) is 11.0. The van der Waals surface area contributed by atoms with E-state index in [0.29, 0.717) is 42.0 Å².